The Labute approximate surface area is 114 Å². The summed E-state index contributed by atoms with van der Waals surface area (Å²) < 4.78 is 16.8. The van der Waals surface area contributed by atoms with Crippen molar-refractivity contribution >= 4 is 6.09 Å². The summed E-state index contributed by atoms with van der Waals surface area (Å²) in [6.45, 7) is 8.17. The fourth-order valence-corrected chi connectivity index (χ4v) is 2.30. The highest BCUT2D eigenvalue weighted by molar-refractivity contribution is 5.67. The molecule has 0 saturated carbocycles. The van der Waals surface area contributed by atoms with E-state index in [0.717, 1.165) is 25.9 Å². The van der Waals surface area contributed by atoms with Gasteiger partial charge in [-0.15, -0.1) is 0 Å². The predicted octanol–water partition coefficient (Wildman–Crippen LogP) is 1.01. The molecular weight excluding hydrogens is 248 g/mol. The molecule has 19 heavy (non-hydrogen) atoms. The maximum Gasteiger partial charge on any atom is 0.407 e. The zero-order valence-corrected chi connectivity index (χ0v) is 12.0. The second-order valence-electron chi connectivity index (χ2n) is 6.12. The van der Waals surface area contributed by atoms with Crippen LogP contribution in [-0.2, 0) is 14.2 Å². The van der Waals surface area contributed by atoms with Gasteiger partial charge in [0, 0.05) is 19.5 Å². The molecule has 2 atom stereocenters. The molecule has 2 heterocycles. The van der Waals surface area contributed by atoms with Crippen molar-refractivity contribution in [1.29, 1.82) is 0 Å². The normalized spacial score (nSPS) is 31.4. The van der Waals surface area contributed by atoms with Crippen LogP contribution in [0.5, 0.6) is 0 Å². The molecule has 0 aromatic heterocycles. The summed E-state index contributed by atoms with van der Waals surface area (Å²) in [5, 5.41) is 5.99. The van der Waals surface area contributed by atoms with Gasteiger partial charge in [0.2, 0.25) is 0 Å². The molecule has 2 aliphatic heterocycles. The van der Waals surface area contributed by atoms with E-state index in [1.807, 2.05) is 20.8 Å². The van der Waals surface area contributed by atoms with Crippen LogP contribution >= 0.6 is 0 Å². The Bertz CT molecular complexity index is 321. The molecule has 2 unspecified atom stereocenters. The SMILES string of the molecule is CC(C)(C)OC(=O)NCC1COC2(CCCNC2)O1. The molecule has 2 saturated heterocycles. The Kier molecular flexibility index (Phi) is 4.32. The van der Waals surface area contributed by atoms with Crippen LogP contribution in [0.25, 0.3) is 0 Å². The van der Waals surface area contributed by atoms with E-state index < -0.39 is 17.5 Å². The van der Waals surface area contributed by atoms with E-state index >= 15 is 0 Å². The lowest BCUT2D eigenvalue weighted by atomic mass is 10.1. The Morgan fingerprint density at radius 1 is 1.53 bits per heavy atom. The van der Waals surface area contributed by atoms with Crippen molar-refractivity contribution in [3.05, 3.63) is 0 Å². The van der Waals surface area contributed by atoms with Crippen LogP contribution in [0.15, 0.2) is 0 Å². The zero-order chi connectivity index (χ0) is 13.9. The maximum atomic E-state index is 11.5. The minimum absolute atomic E-state index is 0.104. The number of carbonyl (C=O) groups is 1. The lowest BCUT2D eigenvalue weighted by Gasteiger charge is -2.32. The number of rotatable bonds is 2. The van der Waals surface area contributed by atoms with Crippen molar-refractivity contribution in [3.63, 3.8) is 0 Å². The van der Waals surface area contributed by atoms with Gasteiger partial charge in [0.05, 0.1) is 6.61 Å². The number of alkyl carbamates (subject to hydrolysis) is 1. The van der Waals surface area contributed by atoms with Gasteiger partial charge in [-0.1, -0.05) is 0 Å². The predicted molar refractivity (Wildman–Crippen MR) is 69.9 cm³/mol. The van der Waals surface area contributed by atoms with Crippen LogP contribution in [0.3, 0.4) is 0 Å². The first-order chi connectivity index (χ1) is 8.89. The molecule has 0 radical (unpaired) electrons. The van der Waals surface area contributed by atoms with Gasteiger partial charge in [-0.2, -0.15) is 0 Å². The number of hydrogen-bond acceptors (Lipinski definition) is 5. The average molecular weight is 272 g/mol. The molecule has 6 nitrogen and oxygen atoms in total. The van der Waals surface area contributed by atoms with Crippen molar-refractivity contribution in [2.75, 3.05) is 26.2 Å². The topological polar surface area (TPSA) is 68.8 Å². The Morgan fingerprint density at radius 2 is 2.32 bits per heavy atom. The van der Waals surface area contributed by atoms with Crippen molar-refractivity contribution in [1.82, 2.24) is 10.6 Å². The summed E-state index contributed by atoms with van der Waals surface area (Å²) in [4.78, 5) is 11.5. The molecular formula is C13H24N2O4. The summed E-state index contributed by atoms with van der Waals surface area (Å²) in [6, 6.07) is 0. The van der Waals surface area contributed by atoms with Crippen molar-refractivity contribution in [2.45, 2.75) is 51.1 Å². The number of nitrogens with one attached hydrogen (secondary N) is 2. The lowest BCUT2D eigenvalue weighted by Crippen LogP contribution is -2.47. The second-order valence-corrected chi connectivity index (χ2v) is 6.12. The van der Waals surface area contributed by atoms with Gasteiger partial charge in [-0.3, -0.25) is 0 Å². The van der Waals surface area contributed by atoms with Gasteiger partial charge in [0.1, 0.15) is 11.7 Å². The lowest BCUT2D eigenvalue weighted by molar-refractivity contribution is -0.176. The highest BCUT2D eigenvalue weighted by Gasteiger charge is 2.42. The van der Waals surface area contributed by atoms with Crippen molar-refractivity contribution < 1.29 is 19.0 Å². The minimum Gasteiger partial charge on any atom is -0.444 e. The Hall–Kier alpha value is -0.850. The Morgan fingerprint density at radius 3 is 2.95 bits per heavy atom. The van der Waals surface area contributed by atoms with Gasteiger partial charge in [0.15, 0.2) is 5.79 Å². The first kappa shape index (κ1) is 14.6. The number of piperidine rings is 1. The minimum atomic E-state index is -0.488. The first-order valence-electron chi connectivity index (χ1n) is 6.88. The molecule has 110 valence electrons. The summed E-state index contributed by atoms with van der Waals surface area (Å²) in [6.07, 6.45) is 1.43. The van der Waals surface area contributed by atoms with E-state index in [4.69, 9.17) is 14.2 Å². The highest BCUT2D eigenvalue weighted by Crippen LogP contribution is 2.29. The quantitative estimate of drug-likeness (QED) is 0.785. The van der Waals surface area contributed by atoms with Crippen LogP contribution < -0.4 is 10.6 Å². The van der Waals surface area contributed by atoms with E-state index in [1.54, 1.807) is 0 Å². The number of carbonyl (C=O) groups excluding carboxylic acids is 1. The van der Waals surface area contributed by atoms with Crippen LogP contribution in [0, 0.1) is 0 Å². The van der Waals surface area contributed by atoms with Gasteiger partial charge in [0.25, 0.3) is 0 Å². The standard InChI is InChI=1S/C13H24N2O4/c1-12(2,3)19-11(16)15-7-10-8-17-13(18-10)5-4-6-14-9-13/h10,14H,4-9H2,1-3H3,(H,15,16). The van der Waals surface area contributed by atoms with Crippen molar-refractivity contribution in [2.24, 2.45) is 0 Å². The van der Waals surface area contributed by atoms with E-state index in [2.05, 4.69) is 10.6 Å². The van der Waals surface area contributed by atoms with E-state index in [9.17, 15) is 4.79 Å². The number of ether oxygens (including phenoxy) is 3. The second kappa shape index (κ2) is 5.64. The van der Waals surface area contributed by atoms with Gasteiger partial charge in [-0.25, -0.2) is 4.79 Å². The largest absolute Gasteiger partial charge is 0.444 e. The molecule has 1 amide bonds. The number of amides is 1. The van der Waals surface area contributed by atoms with Gasteiger partial charge in [-0.05, 0) is 33.7 Å². The monoisotopic (exact) mass is 272 g/mol. The molecule has 0 aromatic rings. The fourth-order valence-electron chi connectivity index (χ4n) is 2.30. The molecule has 0 aromatic carbocycles. The maximum absolute atomic E-state index is 11.5. The van der Waals surface area contributed by atoms with E-state index in [0.29, 0.717) is 13.2 Å². The van der Waals surface area contributed by atoms with Gasteiger partial charge >= 0.3 is 6.09 Å². The summed E-state index contributed by atoms with van der Waals surface area (Å²) in [5.74, 6) is -0.488. The van der Waals surface area contributed by atoms with Crippen LogP contribution in [0.1, 0.15) is 33.6 Å². The van der Waals surface area contributed by atoms with Crippen LogP contribution in [0.4, 0.5) is 4.79 Å². The number of hydrogen-bond donors (Lipinski definition) is 2. The zero-order valence-electron chi connectivity index (χ0n) is 12.0. The van der Waals surface area contributed by atoms with E-state index in [1.165, 1.54) is 0 Å². The Balaban J connectivity index is 1.72. The summed E-state index contributed by atoms with van der Waals surface area (Å²) in [7, 11) is 0. The molecule has 6 heteroatoms. The summed E-state index contributed by atoms with van der Waals surface area (Å²) in [5.41, 5.74) is -0.481. The van der Waals surface area contributed by atoms with Crippen LogP contribution in [-0.4, -0.2) is 49.8 Å². The highest BCUT2D eigenvalue weighted by atomic mass is 16.7. The van der Waals surface area contributed by atoms with Crippen molar-refractivity contribution in [3.8, 4) is 0 Å². The molecule has 2 rings (SSSR count). The third kappa shape index (κ3) is 4.33. The smallest absolute Gasteiger partial charge is 0.407 e. The third-order valence-electron chi connectivity index (χ3n) is 3.09. The molecule has 2 N–H and O–H groups in total. The summed E-state index contributed by atoms with van der Waals surface area (Å²) >= 11 is 0. The fraction of sp³-hybridized carbons (Fsp3) is 0.923. The molecule has 0 aliphatic carbocycles. The van der Waals surface area contributed by atoms with E-state index in [-0.39, 0.29) is 6.10 Å². The van der Waals surface area contributed by atoms with Crippen LogP contribution in [0.2, 0.25) is 0 Å². The first-order valence-corrected chi connectivity index (χ1v) is 6.88. The third-order valence-corrected chi connectivity index (χ3v) is 3.09. The molecule has 2 aliphatic rings. The molecule has 1 spiro atoms. The molecule has 2 fully saturated rings. The average Bonchev–Trinajstić information content (AvgIpc) is 2.69. The molecule has 0 bridgehead atoms. The van der Waals surface area contributed by atoms with Gasteiger partial charge < -0.3 is 24.8 Å².